The minimum Gasteiger partial charge on any atom is -0.348 e. The quantitative estimate of drug-likeness (QED) is 0.748. The predicted octanol–water partition coefficient (Wildman–Crippen LogP) is 3.04. The van der Waals surface area contributed by atoms with E-state index in [0.29, 0.717) is 6.42 Å². The van der Waals surface area contributed by atoms with E-state index in [9.17, 15) is 4.79 Å². The molecule has 2 aromatic heterocycles. The molecule has 0 bridgehead atoms. The largest absolute Gasteiger partial charge is 0.348 e. The summed E-state index contributed by atoms with van der Waals surface area (Å²) in [6.07, 6.45) is 5.41. The zero-order valence-electron chi connectivity index (χ0n) is 11.9. The Morgan fingerprint density at radius 3 is 2.84 bits per heavy atom. The molecule has 0 unspecified atom stereocenters. The molecule has 19 heavy (non-hydrogen) atoms. The average molecular weight is 259 g/mol. The second-order valence-electron chi connectivity index (χ2n) is 4.84. The fourth-order valence-electron chi connectivity index (χ4n) is 2.26. The molecule has 0 aliphatic rings. The lowest BCUT2D eigenvalue weighted by Crippen LogP contribution is -2.06. The molecule has 0 spiro atoms. The molecule has 2 aromatic rings. The normalized spacial score (nSPS) is 10.9. The third-order valence-electron chi connectivity index (χ3n) is 3.18. The summed E-state index contributed by atoms with van der Waals surface area (Å²) >= 11 is 0. The van der Waals surface area contributed by atoms with Gasteiger partial charge in [-0.2, -0.15) is 5.10 Å². The van der Waals surface area contributed by atoms with Gasteiger partial charge < -0.3 is 4.57 Å². The van der Waals surface area contributed by atoms with Gasteiger partial charge in [-0.3, -0.25) is 9.48 Å². The maximum Gasteiger partial charge on any atom is 0.164 e. The van der Waals surface area contributed by atoms with Crippen LogP contribution in [0.3, 0.4) is 0 Å². The number of aryl methyl sites for hydroxylation is 2. The Labute approximate surface area is 114 Å². The van der Waals surface area contributed by atoms with Crippen LogP contribution in [0.25, 0.3) is 0 Å². The van der Waals surface area contributed by atoms with Crippen LogP contribution in [0.15, 0.2) is 24.5 Å². The van der Waals surface area contributed by atoms with Crippen molar-refractivity contribution in [2.75, 3.05) is 0 Å². The summed E-state index contributed by atoms with van der Waals surface area (Å²) in [6, 6.07) is 3.99. The molecule has 0 aliphatic carbocycles. The van der Waals surface area contributed by atoms with E-state index in [1.807, 2.05) is 41.6 Å². The van der Waals surface area contributed by atoms with Crippen LogP contribution in [0, 0.1) is 6.92 Å². The van der Waals surface area contributed by atoms with Crippen molar-refractivity contribution in [3.63, 3.8) is 0 Å². The van der Waals surface area contributed by atoms with Gasteiger partial charge in [-0.1, -0.05) is 6.92 Å². The zero-order valence-corrected chi connectivity index (χ0v) is 11.9. The Morgan fingerprint density at radius 1 is 1.37 bits per heavy atom. The number of hydrogen-bond donors (Lipinski definition) is 0. The number of rotatable bonds is 6. The van der Waals surface area contributed by atoms with Gasteiger partial charge in [0.05, 0.1) is 17.9 Å². The fraction of sp³-hybridized carbons (Fsp3) is 0.467. The van der Waals surface area contributed by atoms with E-state index < -0.39 is 0 Å². The maximum absolute atomic E-state index is 11.8. The molecule has 0 atom stereocenters. The number of Topliss-reactive ketones (excluding diaryl/α,β-unsaturated/α-hetero) is 1. The monoisotopic (exact) mass is 259 g/mol. The van der Waals surface area contributed by atoms with Crippen molar-refractivity contribution in [3.05, 3.63) is 41.5 Å². The molecule has 0 N–H and O–H groups in total. The molecular formula is C15H21N3O. The van der Waals surface area contributed by atoms with Gasteiger partial charge in [-0.05, 0) is 32.4 Å². The molecule has 4 nitrogen and oxygen atoms in total. The maximum atomic E-state index is 11.8. The molecule has 0 saturated carbocycles. The van der Waals surface area contributed by atoms with Gasteiger partial charge in [0.25, 0.3) is 0 Å². The molecule has 2 rings (SSSR count). The van der Waals surface area contributed by atoms with E-state index in [4.69, 9.17) is 0 Å². The lowest BCUT2D eigenvalue weighted by molar-refractivity contribution is 0.0981. The number of aromatic nitrogens is 3. The van der Waals surface area contributed by atoms with Crippen molar-refractivity contribution in [2.24, 2.45) is 0 Å². The van der Waals surface area contributed by atoms with Gasteiger partial charge in [-0.15, -0.1) is 0 Å². The molecule has 0 aliphatic heterocycles. The highest BCUT2D eigenvalue weighted by atomic mass is 16.1. The van der Waals surface area contributed by atoms with E-state index in [-0.39, 0.29) is 5.78 Å². The summed E-state index contributed by atoms with van der Waals surface area (Å²) in [5.74, 6) is 0.224. The number of ketones is 1. The first-order chi connectivity index (χ1) is 9.13. The van der Waals surface area contributed by atoms with Gasteiger partial charge in [0, 0.05) is 30.9 Å². The second-order valence-corrected chi connectivity index (χ2v) is 4.84. The Kier molecular flexibility index (Phi) is 4.20. The van der Waals surface area contributed by atoms with Crippen molar-refractivity contribution in [3.8, 4) is 0 Å². The predicted molar refractivity (Wildman–Crippen MR) is 75.4 cm³/mol. The highest BCUT2D eigenvalue weighted by molar-refractivity contribution is 5.95. The van der Waals surface area contributed by atoms with E-state index in [2.05, 4.69) is 18.1 Å². The second kappa shape index (κ2) is 5.87. The molecule has 0 saturated heterocycles. The Hall–Kier alpha value is -1.84. The molecule has 0 aromatic carbocycles. The first kappa shape index (κ1) is 13.6. The van der Waals surface area contributed by atoms with Gasteiger partial charge in [0.1, 0.15) is 0 Å². The standard InChI is InChI=1S/C15H21N3O/c1-4-6-15(19)13-7-8-17(10-13)11-14-9-12(3)16-18(14)5-2/h7-10H,4-6,11H2,1-3H3. The van der Waals surface area contributed by atoms with Gasteiger partial charge >= 0.3 is 0 Å². The SMILES string of the molecule is CCCC(=O)c1ccn(Cc2cc(C)nn2CC)c1. The molecule has 4 heteroatoms. The smallest absolute Gasteiger partial charge is 0.164 e. The third kappa shape index (κ3) is 3.13. The number of carbonyl (C=O) groups excluding carboxylic acids is 1. The Bertz CT molecular complexity index is 566. The van der Waals surface area contributed by atoms with E-state index in [1.54, 1.807) is 0 Å². The van der Waals surface area contributed by atoms with Crippen molar-refractivity contribution < 1.29 is 4.79 Å². The highest BCUT2D eigenvalue weighted by Gasteiger charge is 2.08. The minimum atomic E-state index is 0.224. The van der Waals surface area contributed by atoms with Crippen LogP contribution in [-0.2, 0) is 13.1 Å². The van der Waals surface area contributed by atoms with Crippen molar-refractivity contribution in [2.45, 2.75) is 46.7 Å². The van der Waals surface area contributed by atoms with Crippen molar-refractivity contribution >= 4 is 5.78 Å². The zero-order chi connectivity index (χ0) is 13.8. The summed E-state index contributed by atoms with van der Waals surface area (Å²) in [7, 11) is 0. The summed E-state index contributed by atoms with van der Waals surface area (Å²) in [6.45, 7) is 7.74. The van der Waals surface area contributed by atoms with E-state index in [0.717, 1.165) is 30.8 Å². The molecule has 2 heterocycles. The third-order valence-corrected chi connectivity index (χ3v) is 3.18. The minimum absolute atomic E-state index is 0.224. The molecule has 0 amide bonds. The number of nitrogens with zero attached hydrogens (tertiary/aromatic N) is 3. The lowest BCUT2D eigenvalue weighted by atomic mass is 10.1. The van der Waals surface area contributed by atoms with Crippen molar-refractivity contribution in [1.29, 1.82) is 0 Å². The summed E-state index contributed by atoms with van der Waals surface area (Å²) in [5.41, 5.74) is 3.01. The van der Waals surface area contributed by atoms with Crippen LogP contribution in [0.1, 0.15) is 48.4 Å². The topological polar surface area (TPSA) is 39.8 Å². The summed E-state index contributed by atoms with van der Waals surface area (Å²) in [5, 5.41) is 4.43. The fourth-order valence-corrected chi connectivity index (χ4v) is 2.26. The number of hydrogen-bond acceptors (Lipinski definition) is 2. The first-order valence-corrected chi connectivity index (χ1v) is 6.86. The first-order valence-electron chi connectivity index (χ1n) is 6.86. The van der Waals surface area contributed by atoms with Crippen LogP contribution in [0.2, 0.25) is 0 Å². The Morgan fingerprint density at radius 2 is 2.16 bits per heavy atom. The van der Waals surface area contributed by atoms with E-state index in [1.165, 1.54) is 5.69 Å². The summed E-state index contributed by atoms with van der Waals surface area (Å²) < 4.78 is 4.05. The molecule has 0 fully saturated rings. The molecular weight excluding hydrogens is 238 g/mol. The average Bonchev–Trinajstić information content (AvgIpc) is 2.97. The van der Waals surface area contributed by atoms with Crippen LogP contribution in [-0.4, -0.2) is 20.1 Å². The van der Waals surface area contributed by atoms with Crippen molar-refractivity contribution in [1.82, 2.24) is 14.3 Å². The Balaban J connectivity index is 2.13. The molecule has 0 radical (unpaired) electrons. The van der Waals surface area contributed by atoms with Gasteiger partial charge in [0.2, 0.25) is 0 Å². The van der Waals surface area contributed by atoms with Gasteiger partial charge in [0.15, 0.2) is 5.78 Å². The summed E-state index contributed by atoms with van der Waals surface area (Å²) in [4.78, 5) is 11.8. The molecule has 102 valence electrons. The number of carbonyl (C=O) groups is 1. The van der Waals surface area contributed by atoms with E-state index >= 15 is 0 Å². The van der Waals surface area contributed by atoms with Crippen LogP contribution in [0.5, 0.6) is 0 Å². The van der Waals surface area contributed by atoms with Crippen LogP contribution < -0.4 is 0 Å². The lowest BCUT2D eigenvalue weighted by Gasteiger charge is -2.05. The van der Waals surface area contributed by atoms with Gasteiger partial charge in [-0.25, -0.2) is 0 Å². The van der Waals surface area contributed by atoms with Crippen LogP contribution >= 0.6 is 0 Å². The highest BCUT2D eigenvalue weighted by Crippen LogP contribution is 2.10. The van der Waals surface area contributed by atoms with Crippen LogP contribution in [0.4, 0.5) is 0 Å².